The van der Waals surface area contributed by atoms with E-state index in [1.165, 1.54) is 5.01 Å². The third-order valence-electron chi connectivity index (χ3n) is 5.84. The summed E-state index contributed by atoms with van der Waals surface area (Å²) in [6.45, 7) is 0.262. The first-order valence-electron chi connectivity index (χ1n) is 12.2. The molecule has 13 heteroatoms. The van der Waals surface area contributed by atoms with Crippen LogP contribution < -0.4 is 4.74 Å². The highest BCUT2D eigenvalue weighted by atomic mass is 35.5. The van der Waals surface area contributed by atoms with Gasteiger partial charge in [-0.1, -0.05) is 65.8 Å². The Balaban J connectivity index is 1.72. The number of benzene rings is 3. The molecule has 212 valence electrons. The van der Waals surface area contributed by atoms with Gasteiger partial charge in [0.15, 0.2) is 5.17 Å². The number of amidine groups is 1. The molecule has 0 amide bonds. The monoisotopic (exact) mass is 611 g/mol. The minimum atomic E-state index is -4.90. The first-order valence-corrected chi connectivity index (χ1v) is 15.0. The van der Waals surface area contributed by atoms with Crippen molar-refractivity contribution < 1.29 is 31.4 Å². The number of alkyl halides is 3. The molecule has 1 aliphatic rings. The molecule has 0 fully saturated rings. The van der Waals surface area contributed by atoms with Crippen molar-refractivity contribution in [3.8, 4) is 5.75 Å². The molecule has 1 heterocycles. The maximum Gasteiger partial charge on any atom is 0.573 e. The summed E-state index contributed by atoms with van der Waals surface area (Å²) in [7, 11) is -4.32. The number of sulfonamides is 1. The van der Waals surface area contributed by atoms with Crippen molar-refractivity contribution in [2.75, 3.05) is 18.9 Å². The second-order valence-corrected chi connectivity index (χ2v) is 11.8. The van der Waals surface area contributed by atoms with E-state index in [0.29, 0.717) is 35.9 Å². The van der Waals surface area contributed by atoms with Crippen LogP contribution in [0.3, 0.4) is 0 Å². The molecular formula is C27H25ClF3N3O4S2. The van der Waals surface area contributed by atoms with Gasteiger partial charge in [0.25, 0.3) is 10.0 Å². The van der Waals surface area contributed by atoms with Crippen LogP contribution in [0.2, 0.25) is 5.02 Å². The number of ether oxygens (including phenoxy) is 1. The number of nitrogens with zero attached hydrogens (tertiary/aromatic N) is 3. The van der Waals surface area contributed by atoms with Gasteiger partial charge in [-0.15, -0.1) is 17.6 Å². The number of hydrazone groups is 1. The van der Waals surface area contributed by atoms with Crippen LogP contribution >= 0.6 is 23.4 Å². The van der Waals surface area contributed by atoms with E-state index in [1.807, 2.05) is 42.5 Å². The van der Waals surface area contributed by atoms with Crippen molar-refractivity contribution in [2.24, 2.45) is 9.50 Å². The van der Waals surface area contributed by atoms with E-state index in [4.69, 9.17) is 16.7 Å². The minimum absolute atomic E-state index is 0.0694. The normalized spacial score (nSPS) is 16.5. The highest BCUT2D eigenvalue weighted by Crippen LogP contribution is 2.32. The minimum Gasteiger partial charge on any atom is -0.406 e. The second-order valence-electron chi connectivity index (χ2n) is 8.66. The Morgan fingerprint density at radius 1 is 1.07 bits per heavy atom. The van der Waals surface area contributed by atoms with Gasteiger partial charge in [0, 0.05) is 29.8 Å². The number of aliphatic hydroxyl groups excluding tert-OH is 1. The van der Waals surface area contributed by atoms with E-state index in [9.17, 15) is 26.7 Å². The maximum atomic E-state index is 13.2. The molecule has 1 atom stereocenters. The Hall–Kier alpha value is -3.06. The van der Waals surface area contributed by atoms with Crippen molar-refractivity contribution in [3.05, 3.63) is 95.0 Å². The molecule has 3 aromatic rings. The zero-order valence-electron chi connectivity index (χ0n) is 21.0. The van der Waals surface area contributed by atoms with E-state index >= 15 is 0 Å². The van der Waals surface area contributed by atoms with Crippen molar-refractivity contribution >= 4 is 44.3 Å². The topological polar surface area (TPSA) is 91.6 Å². The molecular weight excluding hydrogens is 587 g/mol. The third-order valence-corrected chi connectivity index (χ3v) is 8.54. The van der Waals surface area contributed by atoms with Crippen LogP contribution in [-0.4, -0.2) is 54.7 Å². The Morgan fingerprint density at radius 2 is 1.75 bits per heavy atom. The van der Waals surface area contributed by atoms with Crippen molar-refractivity contribution in [1.82, 2.24) is 5.01 Å². The van der Waals surface area contributed by atoms with E-state index in [0.717, 1.165) is 47.2 Å². The van der Waals surface area contributed by atoms with Gasteiger partial charge in [-0.2, -0.15) is 13.5 Å². The Morgan fingerprint density at radius 3 is 2.38 bits per heavy atom. The molecule has 0 bridgehead atoms. The Kier molecular flexibility index (Phi) is 9.77. The highest BCUT2D eigenvalue weighted by Gasteiger charge is 2.32. The van der Waals surface area contributed by atoms with Crippen LogP contribution in [0.25, 0.3) is 0 Å². The molecule has 3 aromatic carbocycles. The van der Waals surface area contributed by atoms with Gasteiger partial charge >= 0.3 is 6.36 Å². The van der Waals surface area contributed by atoms with Crippen LogP contribution in [0, 0.1) is 0 Å². The average molecular weight is 612 g/mol. The lowest BCUT2D eigenvalue weighted by Crippen LogP contribution is -2.35. The summed E-state index contributed by atoms with van der Waals surface area (Å²) in [6, 6.07) is 20.8. The SMILES string of the molecule is O=S(=O)(/N=C(\SCCCO)N1CCC(c2ccccc2)C(c2ccc(Cl)cc2)=N1)c1ccc(OC(F)(F)F)cc1. The van der Waals surface area contributed by atoms with Crippen molar-refractivity contribution in [2.45, 2.75) is 30.0 Å². The van der Waals surface area contributed by atoms with Crippen LogP contribution in [-0.2, 0) is 10.0 Å². The van der Waals surface area contributed by atoms with Crippen molar-refractivity contribution in [1.29, 1.82) is 0 Å². The molecule has 0 radical (unpaired) electrons. The van der Waals surface area contributed by atoms with E-state index in [1.54, 1.807) is 12.1 Å². The number of hydrogen-bond donors (Lipinski definition) is 1. The average Bonchev–Trinajstić information content (AvgIpc) is 2.92. The fourth-order valence-electron chi connectivity index (χ4n) is 4.01. The smallest absolute Gasteiger partial charge is 0.406 e. The zero-order chi connectivity index (χ0) is 28.8. The van der Waals surface area contributed by atoms with Gasteiger partial charge in [0.2, 0.25) is 0 Å². The summed E-state index contributed by atoms with van der Waals surface area (Å²) in [5.74, 6) is -0.249. The van der Waals surface area contributed by atoms with Crippen LogP contribution in [0.5, 0.6) is 5.75 Å². The van der Waals surface area contributed by atoms with Gasteiger partial charge < -0.3 is 9.84 Å². The van der Waals surface area contributed by atoms with Crippen molar-refractivity contribution in [3.63, 3.8) is 0 Å². The Labute approximate surface area is 239 Å². The van der Waals surface area contributed by atoms with Gasteiger partial charge in [0.05, 0.1) is 10.6 Å². The van der Waals surface area contributed by atoms with E-state index < -0.39 is 22.1 Å². The van der Waals surface area contributed by atoms with E-state index in [2.05, 4.69) is 9.13 Å². The number of hydrogen-bond acceptors (Lipinski definition) is 6. The Bertz CT molecular complexity index is 1450. The summed E-state index contributed by atoms with van der Waals surface area (Å²) in [4.78, 5) is -0.302. The summed E-state index contributed by atoms with van der Waals surface area (Å²) in [6.07, 6.45) is -3.91. The summed E-state index contributed by atoms with van der Waals surface area (Å²) < 4.78 is 71.7. The van der Waals surface area contributed by atoms with Crippen LogP contribution in [0.1, 0.15) is 29.9 Å². The summed E-state index contributed by atoms with van der Waals surface area (Å²) in [5.41, 5.74) is 2.57. The maximum absolute atomic E-state index is 13.2. The molecule has 0 aromatic heterocycles. The fraction of sp³-hybridized carbons (Fsp3) is 0.259. The molecule has 40 heavy (non-hydrogen) atoms. The molecule has 1 aliphatic heterocycles. The van der Waals surface area contributed by atoms with E-state index in [-0.39, 0.29) is 22.6 Å². The number of thioether (sulfide) groups is 1. The van der Waals surface area contributed by atoms with Gasteiger partial charge in [0.1, 0.15) is 5.75 Å². The fourth-order valence-corrected chi connectivity index (χ4v) is 6.26. The third kappa shape index (κ3) is 8.00. The standard InChI is InChI=1S/C27H25ClF3N3O4S2/c28-21-9-7-20(8-10-21)25-24(19-5-2-1-3-6-19)15-16-34(32-25)26(39-18-4-17-35)33-40(36,37)23-13-11-22(12-14-23)38-27(29,30)31/h1-3,5-14,24,35H,4,15-18H2/b33-26-. The first kappa shape index (κ1) is 29.9. The zero-order valence-corrected chi connectivity index (χ0v) is 23.3. The first-order chi connectivity index (χ1) is 19.1. The lowest BCUT2D eigenvalue weighted by atomic mass is 9.86. The molecule has 0 saturated heterocycles. The lowest BCUT2D eigenvalue weighted by molar-refractivity contribution is -0.274. The largest absolute Gasteiger partial charge is 0.573 e. The summed E-state index contributed by atoms with van der Waals surface area (Å²) >= 11 is 7.22. The van der Waals surface area contributed by atoms with Gasteiger partial charge in [-0.25, -0.2) is 5.01 Å². The molecule has 7 nitrogen and oxygen atoms in total. The summed E-state index contributed by atoms with van der Waals surface area (Å²) in [5, 5.41) is 16.3. The highest BCUT2D eigenvalue weighted by molar-refractivity contribution is 8.14. The second kappa shape index (κ2) is 13.1. The molecule has 0 saturated carbocycles. The number of halogens is 4. The predicted octanol–water partition coefficient (Wildman–Crippen LogP) is 6.29. The predicted molar refractivity (Wildman–Crippen MR) is 150 cm³/mol. The number of rotatable bonds is 8. The van der Waals surface area contributed by atoms with Gasteiger partial charge in [-0.05, 0) is 60.4 Å². The molecule has 0 spiro atoms. The molecule has 4 rings (SSSR count). The molecule has 0 aliphatic carbocycles. The number of aliphatic hydroxyl groups is 1. The molecule has 1 unspecified atom stereocenters. The lowest BCUT2D eigenvalue weighted by Gasteiger charge is -2.31. The van der Waals surface area contributed by atoms with Gasteiger partial charge in [-0.3, -0.25) is 0 Å². The van der Waals surface area contributed by atoms with Crippen LogP contribution in [0.4, 0.5) is 13.2 Å². The quantitative estimate of drug-likeness (QED) is 0.183. The van der Waals surface area contributed by atoms with Crippen LogP contribution in [0.15, 0.2) is 93.3 Å². The molecule has 1 N–H and O–H groups in total.